The molecule has 6 nitrogen and oxygen atoms in total. The van der Waals surface area contributed by atoms with Gasteiger partial charge in [0, 0.05) is 27.3 Å². The van der Waals surface area contributed by atoms with Gasteiger partial charge < -0.3 is 24.8 Å². The summed E-state index contributed by atoms with van der Waals surface area (Å²) in [4.78, 5) is 6.62. The number of rotatable bonds is 6. The van der Waals surface area contributed by atoms with E-state index in [9.17, 15) is 0 Å². The Kier molecular flexibility index (Phi) is 5.03. The molecule has 0 bridgehead atoms. The molecule has 2 heterocycles. The van der Waals surface area contributed by atoms with E-state index in [-0.39, 0.29) is 12.2 Å². The lowest BCUT2D eigenvalue weighted by Gasteiger charge is -2.18. The first-order valence-electron chi connectivity index (χ1n) is 6.89. The molecule has 20 heavy (non-hydrogen) atoms. The van der Waals surface area contributed by atoms with Crippen LogP contribution in [0.3, 0.4) is 0 Å². The first-order valence-corrected chi connectivity index (χ1v) is 6.89. The number of pyridine rings is 1. The van der Waals surface area contributed by atoms with Crippen LogP contribution in [0.25, 0.3) is 0 Å². The molecule has 0 spiro atoms. The average Bonchev–Trinajstić information content (AvgIpc) is 2.89. The zero-order valence-corrected chi connectivity index (χ0v) is 12.3. The summed E-state index contributed by atoms with van der Waals surface area (Å²) in [6.07, 6.45) is 1.03. The number of nitrogens with two attached hydrogens (primary N) is 1. The molecular formula is C14H23N3O3. The van der Waals surface area contributed by atoms with E-state index in [0.29, 0.717) is 18.2 Å². The van der Waals surface area contributed by atoms with Gasteiger partial charge in [0.1, 0.15) is 18.0 Å². The van der Waals surface area contributed by atoms with E-state index < -0.39 is 0 Å². The molecule has 0 aromatic carbocycles. The topological polar surface area (TPSA) is 69.8 Å². The molecule has 2 rings (SSSR count). The molecule has 2 atom stereocenters. The highest BCUT2D eigenvalue weighted by Crippen LogP contribution is 2.27. The molecule has 1 saturated heterocycles. The van der Waals surface area contributed by atoms with Crippen LogP contribution in [0.4, 0.5) is 11.5 Å². The van der Waals surface area contributed by atoms with Crippen molar-refractivity contribution in [3.63, 3.8) is 0 Å². The van der Waals surface area contributed by atoms with E-state index in [1.807, 2.05) is 19.1 Å². The van der Waals surface area contributed by atoms with Crippen molar-refractivity contribution in [2.45, 2.75) is 25.6 Å². The summed E-state index contributed by atoms with van der Waals surface area (Å²) in [5, 5.41) is 0. The van der Waals surface area contributed by atoms with E-state index in [4.69, 9.17) is 19.9 Å². The molecule has 1 aromatic heterocycles. The third-order valence-electron chi connectivity index (χ3n) is 3.46. The number of hydrogen-bond donors (Lipinski definition) is 1. The molecule has 1 fully saturated rings. The Balaban J connectivity index is 2.13. The fourth-order valence-corrected chi connectivity index (χ4v) is 2.32. The third-order valence-corrected chi connectivity index (χ3v) is 3.46. The van der Waals surface area contributed by atoms with Crippen LogP contribution in [0.2, 0.25) is 0 Å². The van der Waals surface area contributed by atoms with Gasteiger partial charge in [0.25, 0.3) is 0 Å². The Bertz CT molecular complexity index is 430. The summed E-state index contributed by atoms with van der Waals surface area (Å²) in [7, 11) is 3.40. The second-order valence-corrected chi connectivity index (χ2v) is 4.87. The summed E-state index contributed by atoms with van der Waals surface area (Å²) in [6, 6.07) is 3.73. The fraction of sp³-hybridized carbons (Fsp3) is 0.643. The van der Waals surface area contributed by atoms with Gasteiger partial charge in [0.2, 0.25) is 5.88 Å². The second kappa shape index (κ2) is 6.76. The Morgan fingerprint density at radius 1 is 1.25 bits per heavy atom. The van der Waals surface area contributed by atoms with Crippen molar-refractivity contribution in [2.75, 3.05) is 44.5 Å². The summed E-state index contributed by atoms with van der Waals surface area (Å²) in [5.74, 6) is 1.34. The van der Waals surface area contributed by atoms with Crippen LogP contribution in [-0.2, 0) is 9.47 Å². The van der Waals surface area contributed by atoms with Crippen molar-refractivity contribution in [1.82, 2.24) is 4.98 Å². The molecule has 0 aliphatic carbocycles. The lowest BCUT2D eigenvalue weighted by atomic mass is 10.3. The van der Waals surface area contributed by atoms with Crippen LogP contribution in [-0.4, -0.2) is 51.1 Å². The lowest BCUT2D eigenvalue weighted by Crippen LogP contribution is -2.27. The molecule has 0 saturated carbocycles. The highest BCUT2D eigenvalue weighted by Gasteiger charge is 2.33. The molecule has 1 aromatic rings. The highest BCUT2D eigenvalue weighted by molar-refractivity contribution is 5.55. The number of methoxy groups -OCH3 is 2. The number of ether oxygens (including phenoxy) is 3. The Hall–Kier alpha value is -1.53. The zero-order chi connectivity index (χ0) is 14.5. The van der Waals surface area contributed by atoms with Crippen LogP contribution in [0.5, 0.6) is 5.88 Å². The van der Waals surface area contributed by atoms with Gasteiger partial charge in [-0.15, -0.1) is 0 Å². The number of anilines is 2. The van der Waals surface area contributed by atoms with Gasteiger partial charge in [-0.1, -0.05) is 6.92 Å². The van der Waals surface area contributed by atoms with Gasteiger partial charge >= 0.3 is 0 Å². The summed E-state index contributed by atoms with van der Waals surface area (Å²) < 4.78 is 16.4. The van der Waals surface area contributed by atoms with Crippen molar-refractivity contribution >= 4 is 11.5 Å². The highest BCUT2D eigenvalue weighted by atomic mass is 16.5. The van der Waals surface area contributed by atoms with Crippen LogP contribution in [0.1, 0.15) is 13.3 Å². The van der Waals surface area contributed by atoms with Crippen LogP contribution in [0.15, 0.2) is 12.1 Å². The maximum atomic E-state index is 5.88. The third kappa shape index (κ3) is 3.13. The van der Waals surface area contributed by atoms with Crippen molar-refractivity contribution in [2.24, 2.45) is 0 Å². The molecule has 112 valence electrons. The maximum absolute atomic E-state index is 5.88. The number of aromatic nitrogens is 1. The minimum absolute atomic E-state index is 0.0550. The van der Waals surface area contributed by atoms with Crippen molar-refractivity contribution in [1.29, 1.82) is 0 Å². The number of nitrogen functional groups attached to an aromatic ring is 1. The smallest absolute Gasteiger partial charge is 0.239 e. The van der Waals surface area contributed by atoms with Crippen molar-refractivity contribution in [3.8, 4) is 5.88 Å². The fourth-order valence-electron chi connectivity index (χ4n) is 2.32. The van der Waals surface area contributed by atoms with Crippen molar-refractivity contribution in [3.05, 3.63) is 12.1 Å². The SMILES string of the molecule is CCCOc1nc(N2CC(OC)C(OC)C2)ccc1N. The van der Waals surface area contributed by atoms with Gasteiger partial charge in [-0.25, -0.2) is 0 Å². The zero-order valence-electron chi connectivity index (χ0n) is 12.3. The largest absolute Gasteiger partial charge is 0.476 e. The first-order chi connectivity index (χ1) is 9.69. The quantitative estimate of drug-likeness (QED) is 0.847. The van der Waals surface area contributed by atoms with Gasteiger partial charge in [-0.2, -0.15) is 4.98 Å². The minimum atomic E-state index is 0.0550. The molecule has 1 aliphatic heterocycles. The van der Waals surface area contributed by atoms with Crippen LogP contribution >= 0.6 is 0 Å². The maximum Gasteiger partial charge on any atom is 0.239 e. The Labute approximate surface area is 119 Å². The van der Waals surface area contributed by atoms with Gasteiger partial charge in [-0.05, 0) is 18.6 Å². The monoisotopic (exact) mass is 281 g/mol. The molecule has 2 unspecified atom stereocenters. The van der Waals surface area contributed by atoms with E-state index in [2.05, 4.69) is 9.88 Å². The lowest BCUT2D eigenvalue weighted by molar-refractivity contribution is -0.00461. The number of nitrogens with zero attached hydrogens (tertiary/aromatic N) is 2. The van der Waals surface area contributed by atoms with Crippen molar-refractivity contribution < 1.29 is 14.2 Å². The second-order valence-electron chi connectivity index (χ2n) is 4.87. The predicted molar refractivity (Wildman–Crippen MR) is 78.2 cm³/mol. The van der Waals surface area contributed by atoms with Gasteiger partial charge in [-0.3, -0.25) is 0 Å². The van der Waals surface area contributed by atoms with Crippen LogP contribution < -0.4 is 15.4 Å². The molecule has 1 aliphatic rings. The summed E-state index contributed by atoms with van der Waals surface area (Å²) in [6.45, 7) is 4.16. The molecule has 0 amide bonds. The van der Waals surface area contributed by atoms with Crippen LogP contribution in [0, 0.1) is 0 Å². The molecule has 0 radical (unpaired) electrons. The molecular weight excluding hydrogens is 258 g/mol. The standard InChI is InChI=1S/C14H23N3O3/c1-4-7-20-14-10(15)5-6-13(16-14)17-8-11(18-2)12(9-17)19-3/h5-6,11-12H,4,7-9,15H2,1-3H3. The average molecular weight is 281 g/mol. The van der Waals surface area contributed by atoms with Gasteiger partial charge in [0.15, 0.2) is 0 Å². The first kappa shape index (κ1) is 14.9. The van der Waals surface area contributed by atoms with E-state index in [0.717, 1.165) is 25.3 Å². The van der Waals surface area contributed by atoms with E-state index in [1.54, 1.807) is 14.2 Å². The molecule has 6 heteroatoms. The number of hydrogen-bond acceptors (Lipinski definition) is 6. The minimum Gasteiger partial charge on any atom is -0.476 e. The molecule has 2 N–H and O–H groups in total. The van der Waals surface area contributed by atoms with Gasteiger partial charge in [0.05, 0.1) is 12.3 Å². The summed E-state index contributed by atoms with van der Waals surface area (Å²) in [5.41, 5.74) is 6.44. The van der Waals surface area contributed by atoms with E-state index in [1.165, 1.54) is 0 Å². The Morgan fingerprint density at radius 2 is 1.90 bits per heavy atom. The Morgan fingerprint density at radius 3 is 2.45 bits per heavy atom. The predicted octanol–water partition coefficient (Wildman–Crippen LogP) is 1.30. The normalized spacial score (nSPS) is 22.2. The summed E-state index contributed by atoms with van der Waals surface area (Å²) >= 11 is 0. The van der Waals surface area contributed by atoms with E-state index >= 15 is 0 Å².